The van der Waals surface area contributed by atoms with Crippen LogP contribution in [0.4, 0.5) is 0 Å². The van der Waals surface area contributed by atoms with Crippen LogP contribution in [0.3, 0.4) is 0 Å². The Morgan fingerprint density at radius 3 is 2.56 bits per heavy atom. The van der Waals surface area contributed by atoms with E-state index in [-0.39, 0.29) is 0 Å². The lowest BCUT2D eigenvalue weighted by Crippen LogP contribution is -2.15. The molecule has 9 heavy (non-hydrogen) atoms. The molecule has 0 aromatic carbocycles. The van der Waals surface area contributed by atoms with Crippen LogP contribution in [0, 0.1) is 5.41 Å². The van der Waals surface area contributed by atoms with E-state index in [1.54, 1.807) is 12.3 Å². The molecule has 2 nitrogen and oxygen atoms in total. The van der Waals surface area contributed by atoms with Gasteiger partial charge in [-0.05, 0) is 48.7 Å². The molecule has 0 aromatic rings. The van der Waals surface area contributed by atoms with Crippen molar-refractivity contribution >= 4 is 26.3 Å². The first-order valence-electron chi connectivity index (χ1n) is 2.79. The summed E-state index contributed by atoms with van der Waals surface area (Å²) >= 11 is 1.95. The first-order valence-corrected chi connectivity index (χ1v) is 3.87. The summed E-state index contributed by atoms with van der Waals surface area (Å²) in [5, 5.41) is 10.0. The minimum Gasteiger partial charge on any atom is -0.389 e. The standard InChI is InChI=1S/C6H11IN2/c1-5(2)9-4-3-6(7)8/h3-5,8-9H,1-2H3/b4-3-,8-6?. The SMILES string of the molecule is CC(C)N/C=C\C(=N)I. The van der Waals surface area contributed by atoms with E-state index in [4.69, 9.17) is 5.41 Å². The molecular formula is C6H11IN2. The summed E-state index contributed by atoms with van der Waals surface area (Å²) in [6.07, 6.45) is 3.51. The van der Waals surface area contributed by atoms with E-state index in [0.717, 1.165) is 0 Å². The lowest BCUT2D eigenvalue weighted by molar-refractivity contribution is 0.703. The highest BCUT2D eigenvalue weighted by molar-refractivity contribution is 14.1. The van der Waals surface area contributed by atoms with Crippen molar-refractivity contribution < 1.29 is 0 Å². The summed E-state index contributed by atoms with van der Waals surface area (Å²) in [7, 11) is 0. The maximum atomic E-state index is 7.00. The van der Waals surface area contributed by atoms with Gasteiger partial charge in [-0.25, -0.2) is 0 Å². The number of halogens is 1. The van der Waals surface area contributed by atoms with Gasteiger partial charge in [0.1, 0.15) is 0 Å². The largest absolute Gasteiger partial charge is 0.389 e. The molecule has 0 aliphatic rings. The average Bonchev–Trinajstić information content (AvgIpc) is 1.63. The summed E-state index contributed by atoms with van der Waals surface area (Å²) < 4.78 is 0.542. The summed E-state index contributed by atoms with van der Waals surface area (Å²) in [6, 6.07) is 0.456. The zero-order valence-electron chi connectivity index (χ0n) is 5.61. The second kappa shape index (κ2) is 4.78. The topological polar surface area (TPSA) is 35.9 Å². The minimum atomic E-state index is 0.456. The van der Waals surface area contributed by atoms with Crippen LogP contribution in [0.25, 0.3) is 0 Å². The van der Waals surface area contributed by atoms with Crippen molar-refractivity contribution in [3.05, 3.63) is 12.3 Å². The van der Waals surface area contributed by atoms with Crippen LogP contribution in [-0.4, -0.2) is 9.76 Å². The van der Waals surface area contributed by atoms with Gasteiger partial charge < -0.3 is 5.32 Å². The highest BCUT2D eigenvalue weighted by Gasteiger charge is 1.83. The van der Waals surface area contributed by atoms with Gasteiger partial charge in [-0.2, -0.15) is 0 Å². The monoisotopic (exact) mass is 238 g/mol. The predicted molar refractivity (Wildman–Crippen MR) is 49.2 cm³/mol. The second-order valence-electron chi connectivity index (χ2n) is 2.00. The van der Waals surface area contributed by atoms with Gasteiger partial charge in [0.15, 0.2) is 0 Å². The van der Waals surface area contributed by atoms with Gasteiger partial charge in [-0.3, -0.25) is 5.41 Å². The van der Waals surface area contributed by atoms with Crippen LogP contribution in [0.1, 0.15) is 13.8 Å². The van der Waals surface area contributed by atoms with Crippen LogP contribution >= 0.6 is 22.6 Å². The quantitative estimate of drug-likeness (QED) is 0.571. The molecule has 0 spiro atoms. The minimum absolute atomic E-state index is 0.456. The summed E-state index contributed by atoms with van der Waals surface area (Å²) in [6.45, 7) is 4.11. The Labute approximate surface area is 69.4 Å². The van der Waals surface area contributed by atoms with Crippen molar-refractivity contribution in [3.8, 4) is 0 Å². The first kappa shape index (κ1) is 8.94. The third-order valence-corrected chi connectivity index (χ3v) is 1.02. The Bertz CT molecular complexity index is 118. The molecule has 2 N–H and O–H groups in total. The Morgan fingerprint density at radius 2 is 2.22 bits per heavy atom. The summed E-state index contributed by atoms with van der Waals surface area (Å²) in [4.78, 5) is 0. The highest BCUT2D eigenvalue weighted by atomic mass is 127. The summed E-state index contributed by atoms with van der Waals surface area (Å²) in [5.41, 5.74) is 0. The molecule has 0 atom stereocenters. The molecular weight excluding hydrogens is 227 g/mol. The van der Waals surface area contributed by atoms with E-state index >= 15 is 0 Å². The fourth-order valence-corrected chi connectivity index (χ4v) is 0.494. The van der Waals surface area contributed by atoms with Gasteiger partial charge in [-0.1, -0.05) is 0 Å². The normalized spacial score (nSPS) is 10.7. The van der Waals surface area contributed by atoms with E-state index in [0.29, 0.717) is 9.76 Å². The molecule has 0 radical (unpaired) electrons. The molecule has 0 fully saturated rings. The summed E-state index contributed by atoms with van der Waals surface area (Å²) in [5.74, 6) is 0. The number of allylic oxidation sites excluding steroid dienone is 1. The molecule has 0 amide bonds. The van der Waals surface area contributed by atoms with Crippen LogP contribution in [0.15, 0.2) is 12.3 Å². The smallest absolute Gasteiger partial charge is 0.0934 e. The van der Waals surface area contributed by atoms with E-state index in [1.807, 2.05) is 22.6 Å². The fourth-order valence-electron chi connectivity index (χ4n) is 0.314. The molecule has 3 heteroatoms. The van der Waals surface area contributed by atoms with Crippen molar-refractivity contribution in [1.29, 1.82) is 5.41 Å². The van der Waals surface area contributed by atoms with Crippen molar-refractivity contribution in [2.45, 2.75) is 19.9 Å². The van der Waals surface area contributed by atoms with Crippen LogP contribution < -0.4 is 5.32 Å². The molecule has 0 heterocycles. The Hall–Kier alpha value is -0.0600. The molecule has 0 rings (SSSR count). The third-order valence-electron chi connectivity index (χ3n) is 0.659. The number of hydrogen-bond acceptors (Lipinski definition) is 2. The van der Waals surface area contributed by atoms with Gasteiger partial charge in [0.25, 0.3) is 0 Å². The lowest BCUT2D eigenvalue weighted by Gasteiger charge is -2.01. The molecule has 0 aromatic heterocycles. The molecule has 0 aliphatic carbocycles. The van der Waals surface area contributed by atoms with Crippen LogP contribution in [0.2, 0.25) is 0 Å². The maximum absolute atomic E-state index is 7.00. The third kappa shape index (κ3) is 7.94. The van der Waals surface area contributed by atoms with Crippen molar-refractivity contribution in [3.63, 3.8) is 0 Å². The van der Waals surface area contributed by atoms with Gasteiger partial charge in [0.05, 0.1) is 3.72 Å². The molecule has 0 saturated carbocycles. The van der Waals surface area contributed by atoms with Crippen LogP contribution in [0.5, 0.6) is 0 Å². The van der Waals surface area contributed by atoms with Gasteiger partial charge in [-0.15, -0.1) is 0 Å². The molecule has 0 saturated heterocycles. The van der Waals surface area contributed by atoms with Gasteiger partial charge >= 0.3 is 0 Å². The number of hydrogen-bond donors (Lipinski definition) is 2. The fraction of sp³-hybridized carbons (Fsp3) is 0.500. The lowest BCUT2D eigenvalue weighted by atomic mass is 10.4. The maximum Gasteiger partial charge on any atom is 0.0934 e. The average molecular weight is 238 g/mol. The Balaban J connectivity index is 3.36. The van der Waals surface area contributed by atoms with E-state index in [2.05, 4.69) is 19.2 Å². The molecule has 52 valence electrons. The van der Waals surface area contributed by atoms with Crippen molar-refractivity contribution in [2.24, 2.45) is 0 Å². The van der Waals surface area contributed by atoms with E-state index in [9.17, 15) is 0 Å². The Kier molecular flexibility index (Phi) is 4.75. The van der Waals surface area contributed by atoms with E-state index < -0.39 is 0 Å². The highest BCUT2D eigenvalue weighted by Crippen LogP contribution is 1.86. The predicted octanol–water partition coefficient (Wildman–Crippen LogP) is 1.91. The van der Waals surface area contributed by atoms with Crippen molar-refractivity contribution in [2.75, 3.05) is 0 Å². The van der Waals surface area contributed by atoms with E-state index in [1.165, 1.54) is 0 Å². The van der Waals surface area contributed by atoms with Gasteiger partial charge in [0, 0.05) is 6.04 Å². The zero-order chi connectivity index (χ0) is 7.28. The second-order valence-corrected chi connectivity index (χ2v) is 3.16. The Morgan fingerprint density at radius 1 is 1.67 bits per heavy atom. The van der Waals surface area contributed by atoms with Crippen molar-refractivity contribution in [1.82, 2.24) is 5.32 Å². The van der Waals surface area contributed by atoms with Crippen LogP contribution in [-0.2, 0) is 0 Å². The zero-order valence-corrected chi connectivity index (χ0v) is 7.77. The molecule has 0 bridgehead atoms. The first-order chi connectivity index (χ1) is 4.13. The molecule has 0 aliphatic heterocycles. The van der Waals surface area contributed by atoms with Gasteiger partial charge in [0.2, 0.25) is 0 Å². The number of nitrogens with one attached hydrogen (secondary N) is 2. The number of rotatable bonds is 3. The molecule has 0 unspecified atom stereocenters.